The summed E-state index contributed by atoms with van der Waals surface area (Å²) < 4.78 is 20.5. The van der Waals surface area contributed by atoms with E-state index in [-0.39, 0.29) is 28.4 Å². The first kappa shape index (κ1) is 62.0. The number of nitrogens with zero attached hydrogens (tertiary/aromatic N) is 4. The third kappa shape index (κ3) is 9.97. The number of benzene rings is 13. The number of ether oxygens (including phenoxy) is 1. The molecule has 16 aromatic rings. The first-order valence-corrected chi connectivity index (χ1v) is 35.8. The lowest BCUT2D eigenvalue weighted by molar-refractivity contribution is 0.481. The van der Waals surface area contributed by atoms with E-state index in [0.29, 0.717) is 11.3 Å². The highest BCUT2D eigenvalue weighted by atomic mass is 16.5. The second-order valence-electron chi connectivity index (χ2n) is 32.1. The van der Waals surface area contributed by atoms with Crippen LogP contribution in [0.3, 0.4) is 0 Å². The first-order chi connectivity index (χ1) is 48.6. The van der Waals surface area contributed by atoms with E-state index in [2.05, 4.69) is 375 Å². The Bertz CT molecular complexity index is 5790. The van der Waals surface area contributed by atoms with Crippen LogP contribution >= 0.6 is 0 Å². The number of aromatic nitrogens is 2. The number of furan rings is 1. The summed E-state index contributed by atoms with van der Waals surface area (Å²) in [5, 5.41) is 6.84. The Morgan fingerprint density at radius 1 is 0.356 bits per heavy atom. The summed E-state index contributed by atoms with van der Waals surface area (Å²) in [4.78, 5) is 5.08. The molecule has 0 saturated heterocycles. The minimum atomic E-state index is -0.383. The second kappa shape index (κ2) is 22.6. The minimum Gasteiger partial charge on any atom is -0.454 e. The monoisotopic (exact) mass is 1310 g/mol. The normalized spacial score (nSPS) is 13.2. The van der Waals surface area contributed by atoms with Crippen LogP contribution in [0.5, 0.6) is 11.5 Å². The van der Waals surface area contributed by atoms with Gasteiger partial charge < -0.3 is 28.1 Å². The van der Waals surface area contributed by atoms with Crippen LogP contribution in [0.25, 0.3) is 99.2 Å². The molecule has 101 heavy (non-hydrogen) atoms. The SMILES string of the molecule is CC(C)(C)c1ccc(N(c2ccc(C(C)(C)C)cc2)c2cc3c(c4oc5ccccc5c24)Oc2cc(-n4c5ccc(C(C)(C)C)cc5c5cc(C(C)(C)C)ccc54)cc4c2B3c2ccc(-n3c5ccccc5c5ccccc53)cc2N4c2c(-c3ccccc3)cccc2-c2ccccc2)cc1. The number of hydrogen-bond acceptors (Lipinski definition) is 4. The van der Waals surface area contributed by atoms with Crippen molar-refractivity contribution in [1.82, 2.24) is 9.13 Å². The third-order valence-corrected chi connectivity index (χ3v) is 21.6. The molecule has 0 saturated carbocycles. The van der Waals surface area contributed by atoms with Crippen LogP contribution in [0.1, 0.15) is 105 Å². The van der Waals surface area contributed by atoms with E-state index >= 15 is 0 Å². The van der Waals surface area contributed by atoms with Crippen LogP contribution in [0.2, 0.25) is 0 Å². The summed E-state index contributed by atoms with van der Waals surface area (Å²) in [6.07, 6.45) is 0. The highest BCUT2D eigenvalue weighted by Crippen LogP contribution is 2.54. The Hall–Kier alpha value is -11.3. The van der Waals surface area contributed by atoms with E-state index in [9.17, 15) is 0 Å². The molecule has 5 heterocycles. The summed E-state index contributed by atoms with van der Waals surface area (Å²) in [6, 6.07) is 102. The highest BCUT2D eigenvalue weighted by Gasteiger charge is 2.46. The maximum absolute atomic E-state index is 8.06. The van der Waals surface area contributed by atoms with E-state index in [1.165, 1.54) is 43.8 Å². The van der Waals surface area contributed by atoms with Crippen molar-refractivity contribution in [2.75, 3.05) is 9.80 Å². The van der Waals surface area contributed by atoms with Crippen LogP contribution in [0.4, 0.5) is 34.1 Å². The van der Waals surface area contributed by atoms with Crippen molar-refractivity contribution in [1.29, 1.82) is 0 Å². The molecule has 0 unspecified atom stereocenters. The molecule has 7 heteroatoms. The largest absolute Gasteiger partial charge is 0.454 e. The number of para-hydroxylation sites is 4. The van der Waals surface area contributed by atoms with Crippen molar-refractivity contribution < 1.29 is 9.15 Å². The second-order valence-corrected chi connectivity index (χ2v) is 32.1. The van der Waals surface area contributed by atoms with Crippen molar-refractivity contribution in [3.63, 3.8) is 0 Å². The molecule has 0 N–H and O–H groups in total. The van der Waals surface area contributed by atoms with Gasteiger partial charge >= 0.3 is 0 Å². The van der Waals surface area contributed by atoms with Gasteiger partial charge in [-0.3, -0.25) is 0 Å². The van der Waals surface area contributed by atoms with Gasteiger partial charge in [-0.1, -0.05) is 259 Å². The van der Waals surface area contributed by atoms with Gasteiger partial charge in [0.05, 0.1) is 44.5 Å². The van der Waals surface area contributed by atoms with Crippen LogP contribution in [-0.2, 0) is 21.7 Å². The molecule has 0 atom stereocenters. The fourth-order valence-corrected chi connectivity index (χ4v) is 16.3. The molecule has 0 bridgehead atoms. The molecule has 0 aliphatic carbocycles. The Morgan fingerprint density at radius 3 is 1.36 bits per heavy atom. The van der Waals surface area contributed by atoms with Crippen LogP contribution < -0.4 is 30.9 Å². The molecule has 0 spiro atoms. The molecular weight excluding hydrogens is 1230 g/mol. The van der Waals surface area contributed by atoms with Gasteiger partial charge in [0.25, 0.3) is 6.71 Å². The summed E-state index contributed by atoms with van der Waals surface area (Å²) >= 11 is 0. The van der Waals surface area contributed by atoms with E-state index in [1.54, 1.807) is 0 Å². The van der Waals surface area contributed by atoms with Crippen LogP contribution in [0, 0.1) is 0 Å². The fraction of sp³-hybridized carbons (Fsp3) is 0.170. The predicted octanol–water partition coefficient (Wildman–Crippen LogP) is 24.2. The predicted molar refractivity (Wildman–Crippen MR) is 429 cm³/mol. The number of rotatable bonds is 8. The molecule has 0 amide bonds. The Balaban J connectivity index is 1.00. The van der Waals surface area contributed by atoms with E-state index in [1.807, 2.05) is 0 Å². The van der Waals surface area contributed by atoms with Gasteiger partial charge in [0.2, 0.25) is 0 Å². The maximum Gasteiger partial charge on any atom is 0.256 e. The summed E-state index contributed by atoms with van der Waals surface area (Å²) in [7, 11) is 0. The molecule has 13 aromatic carbocycles. The molecule has 0 radical (unpaired) electrons. The zero-order chi connectivity index (χ0) is 69.2. The van der Waals surface area contributed by atoms with Gasteiger partial charge in [0, 0.05) is 72.6 Å². The lowest BCUT2D eigenvalue weighted by Crippen LogP contribution is -2.59. The van der Waals surface area contributed by atoms with Crippen LogP contribution in [0.15, 0.2) is 277 Å². The quantitative estimate of drug-likeness (QED) is 0.142. The molecule has 2 aliphatic heterocycles. The van der Waals surface area contributed by atoms with Gasteiger partial charge in [-0.25, -0.2) is 0 Å². The average Bonchev–Trinajstić information content (AvgIpc) is 1.65. The van der Waals surface area contributed by atoms with Crippen molar-refractivity contribution in [2.45, 2.75) is 105 Å². The van der Waals surface area contributed by atoms with Gasteiger partial charge in [0.15, 0.2) is 11.3 Å². The zero-order valence-electron chi connectivity index (χ0n) is 59.7. The molecule has 3 aromatic heterocycles. The molecule has 6 nitrogen and oxygen atoms in total. The van der Waals surface area contributed by atoms with Crippen molar-refractivity contribution in [3.05, 3.63) is 295 Å². The summed E-state index contributed by atoms with van der Waals surface area (Å²) in [5.41, 5.74) is 26.8. The standard InChI is InChI=1S/C94H81BN4O2/c1-91(2,3)60-38-44-64(45-39-60)96(65-46-40-61(41-47-65)92(4,5)6)82-57-76-89(90-86(82)72-32-21-24-37-84(72)100-90)101-85-56-67(98-79-50-42-62(93(7,8)9)52-73(79)74-53-63(94(10,11)12)43-51-80(74)98)55-83-87(85)95(76)75-49-48-66(97-77-35-22-19-30-70(77)71-31-20-23-36-78(71)97)54-81(75)99(83)88-68(58-26-15-13-16-27-58)33-25-34-69(88)59-28-17-14-18-29-59/h13-57H,1-12H3. The Labute approximate surface area is 592 Å². The summed E-state index contributed by atoms with van der Waals surface area (Å²) in [5.74, 6) is 1.48. The van der Waals surface area contributed by atoms with Gasteiger partial charge in [-0.2, -0.15) is 0 Å². The highest BCUT2D eigenvalue weighted by molar-refractivity contribution is 6.99. The molecule has 18 rings (SSSR count). The lowest BCUT2D eigenvalue weighted by Gasteiger charge is -2.42. The van der Waals surface area contributed by atoms with Gasteiger partial charge in [0.1, 0.15) is 11.3 Å². The molecule has 2 aliphatic rings. The number of anilines is 6. The zero-order valence-corrected chi connectivity index (χ0v) is 59.7. The Kier molecular flexibility index (Phi) is 13.9. The maximum atomic E-state index is 8.06. The lowest BCUT2D eigenvalue weighted by atomic mass is 9.34. The fourth-order valence-electron chi connectivity index (χ4n) is 16.3. The Morgan fingerprint density at radius 2 is 0.822 bits per heavy atom. The topological polar surface area (TPSA) is 38.7 Å². The van der Waals surface area contributed by atoms with Gasteiger partial charge in [-0.15, -0.1) is 0 Å². The average molecular weight is 1310 g/mol. The smallest absolute Gasteiger partial charge is 0.256 e. The first-order valence-electron chi connectivity index (χ1n) is 35.8. The molecule has 0 fully saturated rings. The van der Waals surface area contributed by atoms with Gasteiger partial charge in [-0.05, 0) is 162 Å². The van der Waals surface area contributed by atoms with E-state index in [0.717, 1.165) is 128 Å². The van der Waals surface area contributed by atoms with Crippen molar-refractivity contribution in [3.8, 4) is 45.1 Å². The van der Waals surface area contributed by atoms with Crippen molar-refractivity contribution >= 4 is 123 Å². The van der Waals surface area contributed by atoms with Crippen molar-refractivity contribution in [2.24, 2.45) is 0 Å². The minimum absolute atomic E-state index is 0.0554. The summed E-state index contributed by atoms with van der Waals surface area (Å²) in [6.45, 7) is 27.2. The van der Waals surface area contributed by atoms with E-state index < -0.39 is 0 Å². The molecular formula is C94H81BN4O2. The number of hydrogen-bond donors (Lipinski definition) is 0. The molecule has 492 valence electrons. The third-order valence-electron chi connectivity index (χ3n) is 21.6. The van der Waals surface area contributed by atoms with Crippen LogP contribution in [-0.4, -0.2) is 15.8 Å². The van der Waals surface area contributed by atoms with E-state index in [4.69, 9.17) is 9.15 Å². The number of fused-ring (bicyclic) bond motifs is 14.